The van der Waals surface area contributed by atoms with Crippen LogP contribution in [0.15, 0.2) is 0 Å². The maximum atomic E-state index is 8.97. The van der Waals surface area contributed by atoms with Crippen LogP contribution in [-0.4, -0.2) is 36.5 Å². The van der Waals surface area contributed by atoms with Crippen molar-refractivity contribution in [2.45, 2.75) is 51.3 Å². The molecule has 1 saturated carbocycles. The SMILES string of the molecule is CCOC1CC(NC(CC)CO)C1. The summed E-state index contributed by atoms with van der Waals surface area (Å²) < 4.78 is 5.45. The van der Waals surface area contributed by atoms with Crippen molar-refractivity contribution in [1.29, 1.82) is 0 Å². The third-order valence-corrected chi connectivity index (χ3v) is 2.68. The normalized spacial score (nSPS) is 29.8. The zero-order valence-electron chi connectivity index (χ0n) is 8.62. The molecule has 0 radical (unpaired) electrons. The van der Waals surface area contributed by atoms with Gasteiger partial charge >= 0.3 is 0 Å². The summed E-state index contributed by atoms with van der Waals surface area (Å²) in [4.78, 5) is 0. The van der Waals surface area contributed by atoms with E-state index >= 15 is 0 Å². The maximum absolute atomic E-state index is 8.97. The molecular weight excluding hydrogens is 166 g/mol. The van der Waals surface area contributed by atoms with E-state index in [0.29, 0.717) is 12.1 Å². The molecule has 0 aliphatic heterocycles. The quantitative estimate of drug-likeness (QED) is 0.649. The molecule has 0 spiro atoms. The minimum atomic E-state index is 0.242. The van der Waals surface area contributed by atoms with E-state index in [1.165, 1.54) is 0 Å². The van der Waals surface area contributed by atoms with Gasteiger partial charge in [0.1, 0.15) is 0 Å². The number of nitrogens with one attached hydrogen (secondary N) is 1. The van der Waals surface area contributed by atoms with Gasteiger partial charge in [0.2, 0.25) is 0 Å². The molecule has 1 fully saturated rings. The fourth-order valence-electron chi connectivity index (χ4n) is 1.71. The van der Waals surface area contributed by atoms with Gasteiger partial charge in [-0.05, 0) is 26.2 Å². The van der Waals surface area contributed by atoms with Gasteiger partial charge in [0.05, 0.1) is 12.7 Å². The molecule has 1 atom stereocenters. The van der Waals surface area contributed by atoms with E-state index in [9.17, 15) is 0 Å². The van der Waals surface area contributed by atoms with Gasteiger partial charge in [0.25, 0.3) is 0 Å². The van der Waals surface area contributed by atoms with E-state index in [0.717, 1.165) is 25.9 Å². The molecule has 0 amide bonds. The molecule has 2 N–H and O–H groups in total. The number of aliphatic hydroxyl groups excluding tert-OH is 1. The summed E-state index contributed by atoms with van der Waals surface area (Å²) in [6, 6.07) is 0.834. The van der Waals surface area contributed by atoms with Crippen LogP contribution in [0.25, 0.3) is 0 Å². The van der Waals surface area contributed by atoms with Crippen LogP contribution >= 0.6 is 0 Å². The molecular formula is C10H21NO2. The number of hydrogen-bond donors (Lipinski definition) is 2. The highest BCUT2D eigenvalue weighted by Crippen LogP contribution is 2.23. The largest absolute Gasteiger partial charge is 0.395 e. The summed E-state index contributed by atoms with van der Waals surface area (Å²) in [6.07, 6.45) is 3.65. The maximum Gasteiger partial charge on any atom is 0.0604 e. The zero-order chi connectivity index (χ0) is 9.68. The predicted molar refractivity (Wildman–Crippen MR) is 52.7 cm³/mol. The van der Waals surface area contributed by atoms with Crippen LogP contribution in [0.4, 0.5) is 0 Å². The van der Waals surface area contributed by atoms with Crippen molar-refractivity contribution in [2.24, 2.45) is 0 Å². The van der Waals surface area contributed by atoms with Crippen LogP contribution in [0.1, 0.15) is 33.1 Å². The number of ether oxygens (including phenoxy) is 1. The van der Waals surface area contributed by atoms with Crippen molar-refractivity contribution in [3.05, 3.63) is 0 Å². The number of rotatable bonds is 6. The Hall–Kier alpha value is -0.120. The Balaban J connectivity index is 2.06. The molecule has 13 heavy (non-hydrogen) atoms. The lowest BCUT2D eigenvalue weighted by Crippen LogP contribution is -2.50. The Labute approximate surface area is 80.5 Å². The molecule has 1 aliphatic rings. The van der Waals surface area contributed by atoms with Gasteiger partial charge in [0, 0.05) is 18.7 Å². The Morgan fingerprint density at radius 2 is 2.15 bits per heavy atom. The molecule has 1 unspecified atom stereocenters. The Kier molecular flexibility index (Phi) is 4.70. The molecule has 3 nitrogen and oxygen atoms in total. The number of aliphatic hydroxyl groups is 1. The summed E-state index contributed by atoms with van der Waals surface area (Å²) in [6.45, 7) is 5.18. The van der Waals surface area contributed by atoms with E-state index in [4.69, 9.17) is 9.84 Å². The molecule has 3 heteroatoms. The van der Waals surface area contributed by atoms with E-state index in [-0.39, 0.29) is 12.6 Å². The third kappa shape index (κ3) is 3.25. The van der Waals surface area contributed by atoms with Gasteiger partial charge in [-0.2, -0.15) is 0 Å². The highest BCUT2D eigenvalue weighted by atomic mass is 16.5. The van der Waals surface area contributed by atoms with E-state index in [2.05, 4.69) is 12.2 Å². The van der Waals surface area contributed by atoms with Crippen molar-refractivity contribution in [3.63, 3.8) is 0 Å². The molecule has 0 aromatic carbocycles. The second kappa shape index (κ2) is 5.58. The standard InChI is InChI=1S/C10H21NO2/c1-3-8(7-12)11-9-5-10(6-9)13-4-2/h8-12H,3-7H2,1-2H3. The molecule has 1 aliphatic carbocycles. The van der Waals surface area contributed by atoms with Gasteiger partial charge in [-0.3, -0.25) is 0 Å². The zero-order valence-corrected chi connectivity index (χ0v) is 8.62. The van der Waals surface area contributed by atoms with E-state index in [1.807, 2.05) is 6.92 Å². The van der Waals surface area contributed by atoms with Crippen LogP contribution in [0, 0.1) is 0 Å². The van der Waals surface area contributed by atoms with Crippen LogP contribution in [0.5, 0.6) is 0 Å². The molecule has 0 aromatic heterocycles. The summed E-state index contributed by atoms with van der Waals surface area (Å²) >= 11 is 0. The predicted octanol–water partition coefficient (Wildman–Crippen LogP) is 0.914. The Morgan fingerprint density at radius 1 is 1.46 bits per heavy atom. The molecule has 78 valence electrons. The fraction of sp³-hybridized carbons (Fsp3) is 1.00. The van der Waals surface area contributed by atoms with Crippen molar-refractivity contribution in [1.82, 2.24) is 5.32 Å². The van der Waals surface area contributed by atoms with Crippen LogP contribution in [0.2, 0.25) is 0 Å². The van der Waals surface area contributed by atoms with Crippen LogP contribution in [0.3, 0.4) is 0 Å². The minimum absolute atomic E-state index is 0.242. The lowest BCUT2D eigenvalue weighted by atomic mass is 9.88. The van der Waals surface area contributed by atoms with Crippen molar-refractivity contribution in [3.8, 4) is 0 Å². The summed E-state index contributed by atoms with van der Waals surface area (Å²) in [5.41, 5.74) is 0. The van der Waals surface area contributed by atoms with Gasteiger partial charge < -0.3 is 15.2 Å². The molecule has 1 rings (SSSR count). The number of hydrogen-bond acceptors (Lipinski definition) is 3. The first-order valence-electron chi connectivity index (χ1n) is 5.28. The Bertz CT molecular complexity index is 131. The molecule has 0 aromatic rings. The molecule has 0 bridgehead atoms. The minimum Gasteiger partial charge on any atom is -0.395 e. The van der Waals surface area contributed by atoms with Crippen LogP contribution < -0.4 is 5.32 Å². The second-order valence-electron chi connectivity index (χ2n) is 3.70. The second-order valence-corrected chi connectivity index (χ2v) is 3.70. The van der Waals surface area contributed by atoms with Crippen molar-refractivity contribution >= 4 is 0 Å². The topological polar surface area (TPSA) is 41.5 Å². The van der Waals surface area contributed by atoms with E-state index in [1.54, 1.807) is 0 Å². The molecule has 0 heterocycles. The average Bonchev–Trinajstić information content (AvgIpc) is 2.09. The summed E-state index contributed by atoms with van der Waals surface area (Å²) in [5.74, 6) is 0. The van der Waals surface area contributed by atoms with Crippen molar-refractivity contribution < 1.29 is 9.84 Å². The lowest BCUT2D eigenvalue weighted by molar-refractivity contribution is -0.0141. The highest BCUT2D eigenvalue weighted by Gasteiger charge is 2.30. The third-order valence-electron chi connectivity index (χ3n) is 2.68. The first-order chi connectivity index (χ1) is 6.30. The summed E-state index contributed by atoms with van der Waals surface area (Å²) in [7, 11) is 0. The first kappa shape index (κ1) is 11.0. The Morgan fingerprint density at radius 3 is 2.62 bits per heavy atom. The van der Waals surface area contributed by atoms with Gasteiger partial charge in [0.15, 0.2) is 0 Å². The van der Waals surface area contributed by atoms with Crippen molar-refractivity contribution in [2.75, 3.05) is 13.2 Å². The van der Waals surface area contributed by atoms with Crippen LogP contribution in [-0.2, 0) is 4.74 Å². The smallest absolute Gasteiger partial charge is 0.0604 e. The molecule has 0 saturated heterocycles. The fourth-order valence-corrected chi connectivity index (χ4v) is 1.71. The van der Waals surface area contributed by atoms with E-state index < -0.39 is 0 Å². The summed E-state index contributed by atoms with van der Waals surface area (Å²) in [5, 5.41) is 12.4. The monoisotopic (exact) mass is 187 g/mol. The van der Waals surface area contributed by atoms with Gasteiger partial charge in [-0.25, -0.2) is 0 Å². The van der Waals surface area contributed by atoms with Gasteiger partial charge in [-0.15, -0.1) is 0 Å². The average molecular weight is 187 g/mol. The first-order valence-corrected chi connectivity index (χ1v) is 5.28. The lowest BCUT2D eigenvalue weighted by Gasteiger charge is -2.37. The van der Waals surface area contributed by atoms with Gasteiger partial charge in [-0.1, -0.05) is 6.92 Å². The highest BCUT2D eigenvalue weighted by molar-refractivity contribution is 4.87.